The second kappa shape index (κ2) is 8.61. The molecule has 2 aliphatic heterocycles. The molecule has 5 rings (SSSR count). The van der Waals surface area contributed by atoms with E-state index in [4.69, 9.17) is 9.47 Å². The van der Waals surface area contributed by atoms with Crippen LogP contribution in [0.15, 0.2) is 54.6 Å². The number of aryl methyl sites for hydroxylation is 1. The Bertz CT molecular complexity index is 1330. The van der Waals surface area contributed by atoms with Gasteiger partial charge in [0.1, 0.15) is 5.54 Å². The van der Waals surface area contributed by atoms with Gasteiger partial charge in [-0.05, 0) is 49.6 Å². The van der Waals surface area contributed by atoms with Crippen molar-refractivity contribution < 1.29 is 23.9 Å². The van der Waals surface area contributed by atoms with Crippen LogP contribution in [0.5, 0.6) is 11.5 Å². The maximum atomic E-state index is 13.4. The molecule has 1 aromatic heterocycles. The first kappa shape index (κ1) is 22.7. The minimum absolute atomic E-state index is 0.214. The van der Waals surface area contributed by atoms with Gasteiger partial charge in [-0.25, -0.2) is 4.79 Å². The molecule has 2 aliphatic rings. The predicted octanol–water partition coefficient (Wildman–Crippen LogP) is 3.92. The number of nitrogens with one attached hydrogen (secondary N) is 1. The summed E-state index contributed by atoms with van der Waals surface area (Å²) in [5, 5.41) is 2.83. The SMILES string of the molecule is CC[C@]1(c2ccccc2)NC(=O)N(CC(=O)c2cc(C)n(Cc3ccc4c(c3)OCO4)c2C)C1=O. The van der Waals surface area contributed by atoms with Crippen molar-refractivity contribution in [2.75, 3.05) is 13.3 Å². The van der Waals surface area contributed by atoms with E-state index in [1.807, 2.05) is 79.9 Å². The number of ether oxygens (including phenoxy) is 2. The number of Topliss-reactive ketones (excluding diaryl/α,β-unsaturated/α-hetero) is 1. The van der Waals surface area contributed by atoms with E-state index in [-0.39, 0.29) is 19.1 Å². The van der Waals surface area contributed by atoms with Gasteiger partial charge in [0.2, 0.25) is 6.79 Å². The molecule has 3 aromatic rings. The molecule has 1 atom stereocenters. The van der Waals surface area contributed by atoms with E-state index in [2.05, 4.69) is 5.32 Å². The van der Waals surface area contributed by atoms with Crippen molar-refractivity contribution in [1.29, 1.82) is 0 Å². The van der Waals surface area contributed by atoms with Gasteiger partial charge in [0.15, 0.2) is 17.3 Å². The third-order valence-corrected chi connectivity index (χ3v) is 6.93. The Morgan fingerprint density at radius 3 is 2.51 bits per heavy atom. The van der Waals surface area contributed by atoms with Gasteiger partial charge >= 0.3 is 6.03 Å². The summed E-state index contributed by atoms with van der Waals surface area (Å²) >= 11 is 0. The second-order valence-electron chi connectivity index (χ2n) is 8.93. The summed E-state index contributed by atoms with van der Waals surface area (Å²) in [5.74, 6) is 0.743. The molecule has 3 amide bonds. The maximum Gasteiger partial charge on any atom is 0.325 e. The number of urea groups is 1. The highest BCUT2D eigenvalue weighted by molar-refractivity contribution is 6.11. The van der Waals surface area contributed by atoms with Crippen molar-refractivity contribution in [3.8, 4) is 11.5 Å². The highest BCUT2D eigenvalue weighted by Crippen LogP contribution is 2.34. The number of benzene rings is 2. The fourth-order valence-electron chi connectivity index (χ4n) is 4.91. The molecule has 0 spiro atoms. The molecule has 180 valence electrons. The molecule has 8 heteroatoms. The Morgan fingerprint density at radius 1 is 1.03 bits per heavy atom. The number of aromatic nitrogens is 1. The lowest BCUT2D eigenvalue weighted by Crippen LogP contribution is -2.43. The first-order valence-electron chi connectivity index (χ1n) is 11.6. The van der Waals surface area contributed by atoms with Gasteiger partial charge in [-0.3, -0.25) is 14.5 Å². The summed E-state index contributed by atoms with van der Waals surface area (Å²) in [5.41, 5.74) is 2.75. The third kappa shape index (κ3) is 3.75. The molecule has 1 saturated heterocycles. The number of carbonyl (C=O) groups excluding carboxylic acids is 3. The zero-order valence-electron chi connectivity index (χ0n) is 20.0. The minimum atomic E-state index is -1.16. The Balaban J connectivity index is 1.37. The van der Waals surface area contributed by atoms with Crippen LogP contribution >= 0.6 is 0 Å². The zero-order chi connectivity index (χ0) is 24.7. The molecule has 0 unspecified atom stereocenters. The number of ketones is 1. The lowest BCUT2D eigenvalue weighted by Gasteiger charge is -2.25. The lowest BCUT2D eigenvalue weighted by molar-refractivity contribution is -0.131. The average molecular weight is 474 g/mol. The number of hydrogen-bond acceptors (Lipinski definition) is 5. The van der Waals surface area contributed by atoms with Crippen LogP contribution in [-0.2, 0) is 16.9 Å². The van der Waals surface area contributed by atoms with Crippen molar-refractivity contribution in [1.82, 2.24) is 14.8 Å². The fourth-order valence-corrected chi connectivity index (χ4v) is 4.91. The number of fused-ring (bicyclic) bond motifs is 1. The number of imide groups is 1. The number of nitrogens with zero attached hydrogens (tertiary/aromatic N) is 2. The van der Waals surface area contributed by atoms with Crippen molar-refractivity contribution in [3.63, 3.8) is 0 Å². The van der Waals surface area contributed by atoms with Gasteiger partial charge in [-0.2, -0.15) is 0 Å². The lowest BCUT2D eigenvalue weighted by atomic mass is 9.87. The van der Waals surface area contributed by atoms with E-state index in [0.717, 1.165) is 27.6 Å². The van der Waals surface area contributed by atoms with Crippen LogP contribution in [-0.4, -0.2) is 40.5 Å². The molecule has 0 radical (unpaired) electrons. The topological polar surface area (TPSA) is 89.9 Å². The van der Waals surface area contributed by atoms with Crippen LogP contribution in [0.3, 0.4) is 0 Å². The number of hydrogen-bond donors (Lipinski definition) is 1. The first-order valence-corrected chi connectivity index (χ1v) is 11.6. The Labute approximate surface area is 203 Å². The Hall–Kier alpha value is -4.07. The van der Waals surface area contributed by atoms with Gasteiger partial charge < -0.3 is 19.4 Å². The number of rotatable bonds is 7. The highest BCUT2D eigenvalue weighted by atomic mass is 16.7. The summed E-state index contributed by atoms with van der Waals surface area (Å²) in [6, 6.07) is 16.2. The van der Waals surface area contributed by atoms with E-state index in [9.17, 15) is 14.4 Å². The number of carbonyl (C=O) groups is 3. The molecule has 0 bridgehead atoms. The average Bonchev–Trinajstić information content (AvgIpc) is 3.51. The van der Waals surface area contributed by atoms with Crippen LogP contribution in [0.4, 0.5) is 4.79 Å². The van der Waals surface area contributed by atoms with Gasteiger partial charge in [0, 0.05) is 23.5 Å². The van der Waals surface area contributed by atoms with Crippen LogP contribution < -0.4 is 14.8 Å². The van der Waals surface area contributed by atoms with Crippen LogP contribution in [0.1, 0.15) is 46.2 Å². The van der Waals surface area contributed by atoms with E-state index in [0.29, 0.717) is 29.8 Å². The zero-order valence-corrected chi connectivity index (χ0v) is 20.0. The van der Waals surface area contributed by atoms with Crippen molar-refractivity contribution in [3.05, 3.63) is 82.7 Å². The molecular weight excluding hydrogens is 446 g/mol. The normalized spacial score (nSPS) is 18.8. The highest BCUT2D eigenvalue weighted by Gasteiger charge is 2.51. The van der Waals surface area contributed by atoms with Crippen LogP contribution in [0, 0.1) is 13.8 Å². The summed E-state index contributed by atoms with van der Waals surface area (Å²) in [4.78, 5) is 40.5. The summed E-state index contributed by atoms with van der Waals surface area (Å²) in [7, 11) is 0. The van der Waals surface area contributed by atoms with E-state index in [1.165, 1.54) is 0 Å². The van der Waals surface area contributed by atoms with Crippen molar-refractivity contribution in [2.45, 2.75) is 39.3 Å². The molecule has 1 N–H and O–H groups in total. The molecule has 0 saturated carbocycles. The van der Waals surface area contributed by atoms with Crippen LogP contribution in [0.2, 0.25) is 0 Å². The fraction of sp³-hybridized carbons (Fsp3) is 0.296. The van der Waals surface area contributed by atoms with Crippen LogP contribution in [0.25, 0.3) is 0 Å². The monoisotopic (exact) mass is 473 g/mol. The maximum absolute atomic E-state index is 13.4. The summed E-state index contributed by atoms with van der Waals surface area (Å²) < 4.78 is 12.9. The van der Waals surface area contributed by atoms with E-state index >= 15 is 0 Å². The van der Waals surface area contributed by atoms with E-state index < -0.39 is 17.5 Å². The second-order valence-corrected chi connectivity index (χ2v) is 8.93. The Morgan fingerprint density at radius 2 is 1.77 bits per heavy atom. The summed E-state index contributed by atoms with van der Waals surface area (Å²) in [6.45, 7) is 6.11. The van der Waals surface area contributed by atoms with Crippen molar-refractivity contribution in [2.24, 2.45) is 0 Å². The van der Waals surface area contributed by atoms with Gasteiger partial charge in [0.25, 0.3) is 5.91 Å². The molecule has 3 heterocycles. The van der Waals surface area contributed by atoms with Crippen molar-refractivity contribution >= 4 is 17.7 Å². The minimum Gasteiger partial charge on any atom is -0.454 e. The number of amides is 3. The molecular formula is C27H27N3O5. The molecule has 8 nitrogen and oxygen atoms in total. The summed E-state index contributed by atoms with van der Waals surface area (Å²) in [6.07, 6.45) is 0.385. The first-order chi connectivity index (χ1) is 16.8. The van der Waals surface area contributed by atoms with Gasteiger partial charge in [0.05, 0.1) is 6.54 Å². The largest absolute Gasteiger partial charge is 0.454 e. The standard InChI is InChI=1S/C27H27N3O5/c1-4-27(20-8-6-5-7-9-20)25(32)30(26(33)28-27)15-22(31)21-12-17(2)29(18(21)3)14-19-10-11-23-24(13-19)35-16-34-23/h5-13H,4,14-16H2,1-3H3,(H,28,33)/t27-/m1/s1. The van der Waals surface area contributed by atoms with Gasteiger partial charge in [-0.15, -0.1) is 0 Å². The van der Waals surface area contributed by atoms with E-state index in [1.54, 1.807) is 0 Å². The smallest absolute Gasteiger partial charge is 0.325 e. The van der Waals surface area contributed by atoms with Gasteiger partial charge in [-0.1, -0.05) is 43.3 Å². The molecule has 2 aromatic carbocycles. The molecule has 1 fully saturated rings. The predicted molar refractivity (Wildman–Crippen MR) is 129 cm³/mol. The molecule has 0 aliphatic carbocycles. The Kier molecular flexibility index (Phi) is 5.59. The molecule has 35 heavy (non-hydrogen) atoms. The quantitative estimate of drug-likeness (QED) is 0.415. The third-order valence-electron chi connectivity index (χ3n) is 6.93.